The van der Waals surface area contributed by atoms with E-state index in [9.17, 15) is 9.59 Å². The number of carbonyl (C=O) groups excluding carboxylic acids is 2. The van der Waals surface area contributed by atoms with Crippen LogP contribution in [0, 0.1) is 0 Å². The third-order valence-corrected chi connectivity index (χ3v) is 4.82. The summed E-state index contributed by atoms with van der Waals surface area (Å²) in [6.07, 6.45) is 0. The maximum Gasteiger partial charge on any atom is 0.255 e. The minimum Gasteiger partial charge on any atom is -0.497 e. The molecule has 0 saturated heterocycles. The lowest BCUT2D eigenvalue weighted by molar-refractivity contribution is 0.101. The minimum atomic E-state index is -0.253. The maximum atomic E-state index is 12.6. The van der Waals surface area contributed by atoms with Crippen LogP contribution in [0.1, 0.15) is 33.2 Å². The third-order valence-electron chi connectivity index (χ3n) is 4.82. The summed E-state index contributed by atoms with van der Waals surface area (Å²) in [4.78, 5) is 24.0. The van der Waals surface area contributed by atoms with Crippen molar-refractivity contribution in [1.82, 2.24) is 15.0 Å². The number of amides is 1. The SMILES string of the molecule is COc1ccc(Cn2nnc3cc(C(=O)Nc4ccc(C(C)=O)cc4)ccc32)cc1. The molecule has 1 heterocycles. The number of hydrogen-bond acceptors (Lipinski definition) is 5. The molecule has 0 bridgehead atoms. The highest BCUT2D eigenvalue weighted by Gasteiger charge is 2.11. The van der Waals surface area contributed by atoms with Crippen molar-refractivity contribution in [1.29, 1.82) is 0 Å². The Morgan fingerprint density at radius 2 is 1.67 bits per heavy atom. The molecule has 1 amide bonds. The van der Waals surface area contributed by atoms with Crippen molar-refractivity contribution >= 4 is 28.4 Å². The van der Waals surface area contributed by atoms with Gasteiger partial charge < -0.3 is 10.1 Å². The van der Waals surface area contributed by atoms with Crippen LogP contribution in [0.15, 0.2) is 66.7 Å². The number of anilines is 1. The Kier molecular flexibility index (Phi) is 5.26. The second-order valence-electron chi connectivity index (χ2n) is 6.89. The Hall–Kier alpha value is -4.00. The summed E-state index contributed by atoms with van der Waals surface area (Å²) in [5.41, 5.74) is 4.25. The molecule has 1 aromatic heterocycles. The number of carbonyl (C=O) groups is 2. The Morgan fingerprint density at radius 1 is 0.967 bits per heavy atom. The summed E-state index contributed by atoms with van der Waals surface area (Å²) < 4.78 is 6.97. The molecule has 0 saturated carbocycles. The van der Waals surface area contributed by atoms with Crippen molar-refractivity contribution in [2.24, 2.45) is 0 Å². The first-order valence-corrected chi connectivity index (χ1v) is 9.42. The number of aromatic nitrogens is 3. The van der Waals surface area contributed by atoms with Crippen LogP contribution in [0.4, 0.5) is 5.69 Å². The van der Waals surface area contributed by atoms with Crippen LogP contribution in [0.5, 0.6) is 5.75 Å². The zero-order valence-electron chi connectivity index (χ0n) is 16.6. The van der Waals surface area contributed by atoms with Gasteiger partial charge >= 0.3 is 0 Å². The number of hydrogen-bond donors (Lipinski definition) is 1. The summed E-state index contributed by atoms with van der Waals surface area (Å²) in [5, 5.41) is 11.2. The predicted octanol–water partition coefficient (Wildman–Crippen LogP) is 3.94. The van der Waals surface area contributed by atoms with E-state index in [1.54, 1.807) is 48.2 Å². The molecule has 4 aromatic rings. The number of fused-ring (bicyclic) bond motifs is 1. The van der Waals surface area contributed by atoms with E-state index in [2.05, 4.69) is 15.6 Å². The Balaban J connectivity index is 1.50. The van der Waals surface area contributed by atoms with Gasteiger partial charge in [-0.1, -0.05) is 17.3 Å². The standard InChI is InChI=1S/C23H20N4O3/c1-15(28)17-5-8-19(9-6-17)24-23(29)18-7-12-22-21(13-18)25-26-27(22)14-16-3-10-20(30-2)11-4-16/h3-13H,14H2,1-2H3,(H,24,29). The number of ether oxygens (including phenoxy) is 1. The monoisotopic (exact) mass is 400 g/mol. The number of nitrogens with one attached hydrogen (secondary N) is 1. The van der Waals surface area contributed by atoms with Gasteiger partial charge in [-0.15, -0.1) is 5.10 Å². The number of benzene rings is 3. The predicted molar refractivity (Wildman–Crippen MR) is 114 cm³/mol. The first kappa shape index (κ1) is 19.3. The molecular weight excluding hydrogens is 380 g/mol. The summed E-state index contributed by atoms with van der Waals surface area (Å²) in [6.45, 7) is 2.07. The van der Waals surface area contributed by atoms with E-state index < -0.39 is 0 Å². The Morgan fingerprint density at radius 3 is 2.33 bits per heavy atom. The van der Waals surface area contributed by atoms with Crippen molar-refractivity contribution in [3.8, 4) is 5.75 Å². The van der Waals surface area contributed by atoms with E-state index in [1.807, 2.05) is 30.3 Å². The minimum absolute atomic E-state index is 0.0175. The summed E-state index contributed by atoms with van der Waals surface area (Å²) in [5.74, 6) is 0.530. The lowest BCUT2D eigenvalue weighted by Gasteiger charge is -2.07. The fraction of sp³-hybridized carbons (Fsp3) is 0.130. The second-order valence-corrected chi connectivity index (χ2v) is 6.89. The third kappa shape index (κ3) is 4.05. The average molecular weight is 400 g/mol. The van der Waals surface area contributed by atoms with Crippen LogP contribution < -0.4 is 10.1 Å². The van der Waals surface area contributed by atoms with Gasteiger partial charge in [-0.3, -0.25) is 9.59 Å². The van der Waals surface area contributed by atoms with Gasteiger partial charge in [0.2, 0.25) is 0 Å². The summed E-state index contributed by atoms with van der Waals surface area (Å²) >= 11 is 0. The number of methoxy groups -OCH3 is 1. The first-order chi connectivity index (χ1) is 14.5. The number of ketones is 1. The largest absolute Gasteiger partial charge is 0.497 e. The van der Waals surface area contributed by atoms with Crippen molar-refractivity contribution in [3.63, 3.8) is 0 Å². The van der Waals surface area contributed by atoms with Crippen LogP contribution in [0.25, 0.3) is 11.0 Å². The van der Waals surface area contributed by atoms with Gasteiger partial charge in [0.05, 0.1) is 19.2 Å². The van der Waals surface area contributed by atoms with Crippen molar-refractivity contribution in [2.45, 2.75) is 13.5 Å². The molecule has 0 unspecified atom stereocenters. The molecule has 0 spiro atoms. The van der Waals surface area contributed by atoms with Gasteiger partial charge in [0.15, 0.2) is 5.78 Å². The topological polar surface area (TPSA) is 86.1 Å². The molecule has 0 aliphatic heterocycles. The molecule has 7 heteroatoms. The summed E-state index contributed by atoms with van der Waals surface area (Å²) in [6, 6.07) is 19.8. The average Bonchev–Trinajstić information content (AvgIpc) is 3.16. The molecule has 0 atom stereocenters. The van der Waals surface area contributed by atoms with Crippen LogP contribution in [-0.2, 0) is 6.54 Å². The zero-order chi connectivity index (χ0) is 21.1. The van der Waals surface area contributed by atoms with Gasteiger partial charge in [0.1, 0.15) is 11.3 Å². The van der Waals surface area contributed by atoms with E-state index in [0.717, 1.165) is 16.8 Å². The zero-order valence-corrected chi connectivity index (χ0v) is 16.6. The lowest BCUT2D eigenvalue weighted by Crippen LogP contribution is -2.12. The van der Waals surface area contributed by atoms with E-state index in [4.69, 9.17) is 4.74 Å². The first-order valence-electron chi connectivity index (χ1n) is 9.42. The molecule has 150 valence electrons. The lowest BCUT2D eigenvalue weighted by atomic mass is 10.1. The van der Waals surface area contributed by atoms with Gasteiger partial charge in [-0.2, -0.15) is 0 Å². The van der Waals surface area contributed by atoms with Gasteiger partial charge in [0, 0.05) is 16.8 Å². The fourth-order valence-electron chi connectivity index (χ4n) is 3.13. The van der Waals surface area contributed by atoms with E-state index >= 15 is 0 Å². The molecule has 7 nitrogen and oxygen atoms in total. The number of Topliss-reactive ketones (excluding diaryl/α,β-unsaturated/α-hetero) is 1. The van der Waals surface area contributed by atoms with Crippen LogP contribution in [0.2, 0.25) is 0 Å². The quantitative estimate of drug-likeness (QED) is 0.496. The van der Waals surface area contributed by atoms with Gasteiger partial charge in [-0.25, -0.2) is 4.68 Å². The second kappa shape index (κ2) is 8.16. The highest BCUT2D eigenvalue weighted by molar-refractivity contribution is 6.06. The van der Waals surface area contributed by atoms with Crippen molar-refractivity contribution < 1.29 is 14.3 Å². The fourth-order valence-corrected chi connectivity index (χ4v) is 3.13. The summed E-state index contributed by atoms with van der Waals surface area (Å²) in [7, 11) is 1.63. The van der Waals surface area contributed by atoms with Crippen LogP contribution >= 0.6 is 0 Å². The van der Waals surface area contributed by atoms with Crippen molar-refractivity contribution in [2.75, 3.05) is 12.4 Å². The van der Waals surface area contributed by atoms with Crippen LogP contribution in [-0.4, -0.2) is 33.8 Å². The van der Waals surface area contributed by atoms with Crippen molar-refractivity contribution in [3.05, 3.63) is 83.4 Å². The number of nitrogens with zero attached hydrogens (tertiary/aromatic N) is 3. The maximum absolute atomic E-state index is 12.6. The normalized spacial score (nSPS) is 10.7. The molecule has 0 fully saturated rings. The molecule has 1 N–H and O–H groups in total. The smallest absolute Gasteiger partial charge is 0.255 e. The Labute approximate surface area is 173 Å². The van der Waals surface area contributed by atoms with Gasteiger partial charge in [0.25, 0.3) is 5.91 Å². The van der Waals surface area contributed by atoms with E-state index in [0.29, 0.717) is 28.9 Å². The number of rotatable bonds is 6. The molecule has 4 rings (SSSR count). The molecule has 30 heavy (non-hydrogen) atoms. The van der Waals surface area contributed by atoms with E-state index in [-0.39, 0.29) is 11.7 Å². The highest BCUT2D eigenvalue weighted by atomic mass is 16.5. The van der Waals surface area contributed by atoms with Gasteiger partial charge in [-0.05, 0) is 67.1 Å². The van der Waals surface area contributed by atoms with Crippen LogP contribution in [0.3, 0.4) is 0 Å². The molecule has 0 aliphatic rings. The molecule has 0 radical (unpaired) electrons. The Bertz CT molecular complexity index is 1210. The molecule has 3 aromatic carbocycles. The molecule has 0 aliphatic carbocycles. The van der Waals surface area contributed by atoms with E-state index in [1.165, 1.54) is 6.92 Å². The highest BCUT2D eigenvalue weighted by Crippen LogP contribution is 2.18. The molecular formula is C23H20N4O3.